The molecule has 1 heterocycles. The number of nitrogens with zero attached hydrogens (tertiary/aromatic N) is 2. The minimum atomic E-state index is -0.342. The van der Waals surface area contributed by atoms with Gasteiger partial charge in [-0.1, -0.05) is 36.0 Å². The maximum Gasteiger partial charge on any atom is 0.262 e. The molecule has 3 aromatic rings. The summed E-state index contributed by atoms with van der Waals surface area (Å²) in [4.78, 5) is 30.5. The molecule has 0 aliphatic rings. The molecule has 0 amide bonds. The van der Waals surface area contributed by atoms with Crippen LogP contribution in [0.15, 0.2) is 52.4 Å². The van der Waals surface area contributed by atoms with Gasteiger partial charge in [-0.05, 0) is 63.9 Å². The van der Waals surface area contributed by atoms with Gasteiger partial charge in [0.1, 0.15) is 0 Å². The number of thioether (sulfide) groups is 1. The number of rotatable bonds is 5. The fourth-order valence-corrected chi connectivity index (χ4v) is 4.12. The van der Waals surface area contributed by atoms with Gasteiger partial charge in [-0.15, -0.1) is 0 Å². The van der Waals surface area contributed by atoms with Crippen LogP contribution in [0.3, 0.4) is 0 Å². The van der Waals surface area contributed by atoms with Crippen molar-refractivity contribution in [3.63, 3.8) is 0 Å². The molecule has 0 spiro atoms. The van der Waals surface area contributed by atoms with Crippen LogP contribution in [0.4, 0.5) is 0 Å². The molecule has 27 heavy (non-hydrogen) atoms. The Balaban J connectivity index is 1.99. The molecule has 3 rings (SSSR count). The van der Waals surface area contributed by atoms with Gasteiger partial charge in [0, 0.05) is 11.6 Å². The van der Waals surface area contributed by atoms with Gasteiger partial charge in [-0.2, -0.15) is 0 Å². The number of Topliss-reactive ketones (excluding diaryl/α,β-unsaturated/α-hetero) is 1. The second-order valence-electron chi connectivity index (χ2n) is 7.10. The van der Waals surface area contributed by atoms with Crippen molar-refractivity contribution in [2.45, 2.75) is 51.1 Å². The molecule has 0 saturated heterocycles. The highest BCUT2D eigenvalue weighted by Gasteiger charge is 2.21. The first-order chi connectivity index (χ1) is 12.8. The largest absolute Gasteiger partial charge is 0.293 e. The Morgan fingerprint density at radius 2 is 1.74 bits per heavy atom. The molecule has 0 aliphatic carbocycles. The number of aryl methyl sites for hydroxylation is 2. The Morgan fingerprint density at radius 3 is 2.41 bits per heavy atom. The zero-order valence-electron chi connectivity index (χ0n) is 16.3. The number of hydrogen-bond donors (Lipinski definition) is 0. The fraction of sp³-hybridized carbons (Fsp3) is 0.318. The SMILES string of the molecule is Cc1ccc(C(=O)C(C)Sc2nc3ccccc3c(=O)n2C(C)C)cc1C. The van der Waals surface area contributed by atoms with Crippen LogP contribution in [0.5, 0.6) is 0 Å². The molecule has 0 radical (unpaired) electrons. The number of carbonyl (C=O) groups is 1. The average Bonchev–Trinajstić information content (AvgIpc) is 2.63. The highest BCUT2D eigenvalue weighted by Crippen LogP contribution is 2.27. The van der Waals surface area contributed by atoms with Gasteiger partial charge in [0.2, 0.25) is 0 Å². The summed E-state index contributed by atoms with van der Waals surface area (Å²) in [6, 6.07) is 13.1. The highest BCUT2D eigenvalue weighted by molar-refractivity contribution is 8.00. The Bertz CT molecular complexity index is 1070. The lowest BCUT2D eigenvalue weighted by molar-refractivity contribution is 0.0993. The van der Waals surface area contributed by atoms with Gasteiger partial charge in [0.05, 0.1) is 16.2 Å². The van der Waals surface area contributed by atoms with Crippen LogP contribution in [0.25, 0.3) is 10.9 Å². The maximum absolute atomic E-state index is 12.9. The predicted octanol–water partition coefficient (Wildman–Crippen LogP) is 4.96. The minimum absolute atomic E-state index is 0.0407. The average molecular weight is 381 g/mol. The number of hydrogen-bond acceptors (Lipinski definition) is 4. The van der Waals surface area contributed by atoms with Gasteiger partial charge < -0.3 is 0 Å². The number of fused-ring (bicyclic) bond motifs is 1. The van der Waals surface area contributed by atoms with E-state index in [0.29, 0.717) is 21.6 Å². The Kier molecular flexibility index (Phi) is 5.51. The number of para-hydroxylation sites is 1. The van der Waals surface area contributed by atoms with E-state index in [1.165, 1.54) is 11.8 Å². The molecule has 2 aromatic carbocycles. The van der Waals surface area contributed by atoms with Crippen LogP contribution in [-0.4, -0.2) is 20.6 Å². The predicted molar refractivity (Wildman–Crippen MR) is 112 cm³/mol. The van der Waals surface area contributed by atoms with Crippen molar-refractivity contribution in [3.05, 3.63) is 69.5 Å². The lowest BCUT2D eigenvalue weighted by atomic mass is 10.0. The zero-order valence-corrected chi connectivity index (χ0v) is 17.1. The summed E-state index contributed by atoms with van der Waals surface area (Å²) in [6.45, 7) is 9.82. The third-order valence-corrected chi connectivity index (χ3v) is 5.80. The van der Waals surface area contributed by atoms with Crippen molar-refractivity contribution < 1.29 is 4.79 Å². The second-order valence-corrected chi connectivity index (χ2v) is 8.41. The molecule has 0 N–H and O–H groups in total. The molecule has 0 bridgehead atoms. The van der Waals surface area contributed by atoms with Gasteiger partial charge in [0.25, 0.3) is 5.56 Å². The third-order valence-electron chi connectivity index (χ3n) is 4.73. The van der Waals surface area contributed by atoms with Crippen molar-refractivity contribution in [2.24, 2.45) is 0 Å². The van der Waals surface area contributed by atoms with Crippen LogP contribution in [0.1, 0.15) is 48.3 Å². The number of ketones is 1. The van der Waals surface area contributed by atoms with Gasteiger partial charge in [-0.3, -0.25) is 14.2 Å². The van der Waals surface area contributed by atoms with E-state index < -0.39 is 0 Å². The molecule has 4 nitrogen and oxygen atoms in total. The third kappa shape index (κ3) is 3.83. The monoisotopic (exact) mass is 380 g/mol. The van der Waals surface area contributed by atoms with Crippen molar-refractivity contribution >= 4 is 28.4 Å². The van der Waals surface area contributed by atoms with Gasteiger partial charge >= 0.3 is 0 Å². The Morgan fingerprint density at radius 1 is 1.04 bits per heavy atom. The molecule has 1 atom stereocenters. The first-order valence-electron chi connectivity index (χ1n) is 9.09. The smallest absolute Gasteiger partial charge is 0.262 e. The summed E-state index contributed by atoms with van der Waals surface area (Å²) in [5.41, 5.74) is 3.55. The summed E-state index contributed by atoms with van der Waals surface area (Å²) in [5.74, 6) is 0.0424. The van der Waals surface area contributed by atoms with Crippen LogP contribution in [0, 0.1) is 13.8 Å². The van der Waals surface area contributed by atoms with Crippen LogP contribution < -0.4 is 5.56 Å². The van der Waals surface area contributed by atoms with E-state index >= 15 is 0 Å². The Labute approximate surface area is 163 Å². The molecule has 1 unspecified atom stereocenters. The summed E-state index contributed by atoms with van der Waals surface area (Å²) < 4.78 is 1.68. The second kappa shape index (κ2) is 7.69. The van der Waals surface area contributed by atoms with Gasteiger partial charge in [-0.25, -0.2) is 4.98 Å². The quantitative estimate of drug-likeness (QED) is 0.357. The van der Waals surface area contributed by atoms with Crippen molar-refractivity contribution in [1.82, 2.24) is 9.55 Å². The molecule has 0 aliphatic heterocycles. The molecule has 0 fully saturated rings. The van der Waals surface area contributed by atoms with E-state index in [0.717, 1.165) is 11.1 Å². The topological polar surface area (TPSA) is 52.0 Å². The summed E-state index contributed by atoms with van der Waals surface area (Å²) in [6.07, 6.45) is 0. The molecule has 0 saturated carbocycles. The lowest BCUT2D eigenvalue weighted by Gasteiger charge is -2.18. The number of carbonyl (C=O) groups excluding carboxylic acids is 1. The van der Waals surface area contributed by atoms with Crippen LogP contribution in [-0.2, 0) is 0 Å². The molecule has 5 heteroatoms. The van der Waals surface area contributed by atoms with E-state index in [4.69, 9.17) is 0 Å². The fourth-order valence-electron chi connectivity index (χ4n) is 3.01. The number of aromatic nitrogens is 2. The Hall–Kier alpha value is -2.40. The maximum atomic E-state index is 12.9. The van der Waals surface area contributed by atoms with Crippen molar-refractivity contribution in [2.75, 3.05) is 0 Å². The van der Waals surface area contributed by atoms with Crippen LogP contribution >= 0.6 is 11.8 Å². The summed E-state index contributed by atoms with van der Waals surface area (Å²) >= 11 is 1.34. The van der Waals surface area contributed by atoms with E-state index in [-0.39, 0.29) is 22.6 Å². The van der Waals surface area contributed by atoms with Gasteiger partial charge in [0.15, 0.2) is 10.9 Å². The molecule has 1 aromatic heterocycles. The summed E-state index contributed by atoms with van der Waals surface area (Å²) in [7, 11) is 0. The van der Waals surface area contributed by atoms with E-state index in [1.807, 2.05) is 71.0 Å². The first-order valence-corrected chi connectivity index (χ1v) is 9.97. The van der Waals surface area contributed by atoms with Crippen molar-refractivity contribution in [3.8, 4) is 0 Å². The number of benzene rings is 2. The van der Waals surface area contributed by atoms with Crippen LogP contribution in [0.2, 0.25) is 0 Å². The van der Waals surface area contributed by atoms with E-state index in [1.54, 1.807) is 10.6 Å². The standard InChI is InChI=1S/C22H24N2O2S/c1-13(2)24-21(26)18-8-6-7-9-19(18)23-22(24)27-16(5)20(25)17-11-10-14(3)15(4)12-17/h6-13,16H,1-5H3. The molecular weight excluding hydrogens is 356 g/mol. The van der Waals surface area contributed by atoms with E-state index in [2.05, 4.69) is 4.98 Å². The van der Waals surface area contributed by atoms with E-state index in [9.17, 15) is 9.59 Å². The zero-order chi connectivity index (χ0) is 19.7. The lowest BCUT2D eigenvalue weighted by Crippen LogP contribution is -2.26. The molecular formula is C22H24N2O2S. The first kappa shape index (κ1) is 19.4. The molecule has 140 valence electrons. The normalized spacial score (nSPS) is 12.5. The minimum Gasteiger partial charge on any atom is -0.293 e. The van der Waals surface area contributed by atoms with Crippen molar-refractivity contribution in [1.29, 1.82) is 0 Å². The summed E-state index contributed by atoms with van der Waals surface area (Å²) in [5, 5.41) is 0.840. The highest BCUT2D eigenvalue weighted by atomic mass is 32.2.